The lowest BCUT2D eigenvalue weighted by Crippen LogP contribution is -2.40. The summed E-state index contributed by atoms with van der Waals surface area (Å²) in [5.74, 6) is 0.0845. The Labute approximate surface area is 138 Å². The smallest absolute Gasteiger partial charge is 0.258 e. The van der Waals surface area contributed by atoms with Crippen LogP contribution in [0.15, 0.2) is 12.1 Å². The minimum Gasteiger partial charge on any atom is -0.507 e. The van der Waals surface area contributed by atoms with Gasteiger partial charge < -0.3 is 15.2 Å². The summed E-state index contributed by atoms with van der Waals surface area (Å²) in [5, 5.41) is 12.9. The van der Waals surface area contributed by atoms with Crippen LogP contribution in [0.1, 0.15) is 30.1 Å². The highest BCUT2D eigenvalue weighted by atomic mass is 127. The summed E-state index contributed by atoms with van der Waals surface area (Å²) in [6.07, 6.45) is 2.27. The molecule has 1 aromatic rings. The molecule has 0 aliphatic carbocycles. The quantitative estimate of drug-likeness (QED) is 0.739. The number of carbonyl (C=O) groups excluding carboxylic acids is 1. The van der Waals surface area contributed by atoms with Crippen LogP contribution in [0.4, 0.5) is 0 Å². The Hall–Kier alpha value is -1.02. The molecule has 1 aromatic carbocycles. The van der Waals surface area contributed by atoms with Gasteiger partial charge in [0.25, 0.3) is 5.91 Å². The molecule has 1 aliphatic heterocycles. The molecule has 1 unspecified atom stereocenters. The number of carbonyl (C=O) groups is 1. The van der Waals surface area contributed by atoms with Crippen LogP contribution in [0.25, 0.3) is 0 Å². The van der Waals surface area contributed by atoms with Gasteiger partial charge in [0.15, 0.2) is 0 Å². The molecule has 1 aliphatic rings. The van der Waals surface area contributed by atoms with Gasteiger partial charge in [0.1, 0.15) is 17.1 Å². The van der Waals surface area contributed by atoms with E-state index < -0.39 is 0 Å². The van der Waals surface area contributed by atoms with Gasteiger partial charge in [0.05, 0.1) is 10.7 Å². The number of benzene rings is 1. The first-order valence-electron chi connectivity index (χ1n) is 7.16. The minimum atomic E-state index is -0.286. The highest BCUT2D eigenvalue weighted by molar-refractivity contribution is 14.1. The molecule has 2 rings (SSSR count). The van der Waals surface area contributed by atoms with E-state index in [4.69, 9.17) is 4.74 Å². The zero-order valence-corrected chi connectivity index (χ0v) is 14.5. The van der Waals surface area contributed by atoms with Crippen LogP contribution >= 0.6 is 22.6 Å². The molecular formula is C15H21IN2O3. The molecule has 5 nitrogen and oxygen atoms in total. The van der Waals surface area contributed by atoms with Gasteiger partial charge in [-0.15, -0.1) is 0 Å². The number of hydrogen-bond acceptors (Lipinski definition) is 4. The number of hydrogen-bond donors (Lipinski definition) is 2. The number of phenols is 1. The van der Waals surface area contributed by atoms with Crippen LogP contribution in [-0.4, -0.2) is 48.7 Å². The van der Waals surface area contributed by atoms with E-state index in [1.807, 2.05) is 0 Å². The van der Waals surface area contributed by atoms with E-state index in [0.717, 1.165) is 23.1 Å². The number of halogens is 1. The zero-order valence-electron chi connectivity index (χ0n) is 12.4. The average Bonchev–Trinajstić information content (AvgIpc) is 2.94. The molecule has 0 bridgehead atoms. The van der Waals surface area contributed by atoms with E-state index in [0.29, 0.717) is 18.3 Å². The molecule has 0 aromatic heterocycles. The Balaban J connectivity index is 2.09. The SMILES string of the molecule is CCN1CCCC1CNC(=O)c1c(O)ccc(I)c1OC. The normalized spacial score (nSPS) is 18.7. The van der Waals surface area contributed by atoms with Gasteiger partial charge >= 0.3 is 0 Å². The lowest BCUT2D eigenvalue weighted by atomic mass is 10.1. The Kier molecular flexibility index (Phi) is 5.69. The van der Waals surface area contributed by atoms with Gasteiger partial charge in [0, 0.05) is 12.6 Å². The fourth-order valence-electron chi connectivity index (χ4n) is 2.81. The lowest BCUT2D eigenvalue weighted by molar-refractivity contribution is 0.0935. The number of methoxy groups -OCH3 is 1. The number of nitrogens with zero attached hydrogens (tertiary/aromatic N) is 1. The Morgan fingerprint density at radius 2 is 2.33 bits per heavy atom. The van der Waals surface area contributed by atoms with Crippen molar-refractivity contribution in [2.75, 3.05) is 26.7 Å². The predicted octanol–water partition coefficient (Wildman–Crippen LogP) is 2.22. The van der Waals surface area contributed by atoms with Gasteiger partial charge in [-0.05, 0) is 60.7 Å². The molecule has 0 spiro atoms. The molecule has 1 saturated heterocycles. The summed E-state index contributed by atoms with van der Waals surface area (Å²) in [6, 6.07) is 3.63. The Morgan fingerprint density at radius 1 is 1.57 bits per heavy atom. The van der Waals surface area contributed by atoms with Crippen molar-refractivity contribution in [3.63, 3.8) is 0 Å². The van der Waals surface area contributed by atoms with Crippen LogP contribution in [0.2, 0.25) is 0 Å². The molecule has 6 heteroatoms. The monoisotopic (exact) mass is 404 g/mol. The summed E-state index contributed by atoms with van der Waals surface area (Å²) in [5.41, 5.74) is 0.213. The topological polar surface area (TPSA) is 61.8 Å². The summed E-state index contributed by atoms with van der Waals surface area (Å²) >= 11 is 2.09. The second-order valence-electron chi connectivity index (χ2n) is 5.11. The lowest BCUT2D eigenvalue weighted by Gasteiger charge is -2.23. The third-order valence-electron chi connectivity index (χ3n) is 3.92. The summed E-state index contributed by atoms with van der Waals surface area (Å²) in [6.45, 7) is 4.82. The fraction of sp³-hybridized carbons (Fsp3) is 0.533. The maximum atomic E-state index is 12.4. The van der Waals surface area contributed by atoms with E-state index in [1.165, 1.54) is 19.6 Å². The fourth-order valence-corrected chi connectivity index (χ4v) is 3.48. The van der Waals surface area contributed by atoms with Crippen LogP contribution in [0.5, 0.6) is 11.5 Å². The number of likely N-dealkylation sites (tertiary alicyclic amines) is 1. The van der Waals surface area contributed by atoms with Crippen molar-refractivity contribution >= 4 is 28.5 Å². The van der Waals surface area contributed by atoms with Crippen LogP contribution in [-0.2, 0) is 0 Å². The second kappa shape index (κ2) is 7.31. The van der Waals surface area contributed by atoms with E-state index in [9.17, 15) is 9.90 Å². The molecule has 0 radical (unpaired) electrons. The number of phenolic OH excluding ortho intramolecular Hbond substituents is 1. The summed E-state index contributed by atoms with van der Waals surface area (Å²) < 4.78 is 6.05. The molecule has 116 valence electrons. The Morgan fingerprint density at radius 3 is 3.00 bits per heavy atom. The maximum absolute atomic E-state index is 12.4. The predicted molar refractivity (Wildman–Crippen MR) is 90.0 cm³/mol. The first-order valence-corrected chi connectivity index (χ1v) is 8.24. The van der Waals surface area contributed by atoms with Gasteiger partial charge in [-0.25, -0.2) is 0 Å². The van der Waals surface area contributed by atoms with Crippen molar-refractivity contribution in [1.82, 2.24) is 10.2 Å². The highest BCUT2D eigenvalue weighted by Gasteiger charge is 2.25. The van der Waals surface area contributed by atoms with Crippen molar-refractivity contribution in [3.8, 4) is 11.5 Å². The Bertz CT molecular complexity index is 522. The van der Waals surface area contributed by atoms with E-state index in [-0.39, 0.29) is 17.2 Å². The molecule has 21 heavy (non-hydrogen) atoms. The third kappa shape index (κ3) is 3.60. The van der Waals surface area contributed by atoms with Crippen molar-refractivity contribution < 1.29 is 14.6 Å². The van der Waals surface area contributed by atoms with E-state index in [1.54, 1.807) is 6.07 Å². The third-order valence-corrected chi connectivity index (χ3v) is 4.77. The average molecular weight is 404 g/mol. The maximum Gasteiger partial charge on any atom is 0.258 e. The number of likely N-dealkylation sites (N-methyl/N-ethyl adjacent to an activating group) is 1. The zero-order chi connectivity index (χ0) is 15.4. The number of ether oxygens (including phenoxy) is 1. The molecule has 1 atom stereocenters. The van der Waals surface area contributed by atoms with Gasteiger partial charge in [-0.1, -0.05) is 6.92 Å². The van der Waals surface area contributed by atoms with E-state index >= 15 is 0 Å². The molecule has 1 heterocycles. The first kappa shape index (κ1) is 16.4. The number of rotatable bonds is 5. The summed E-state index contributed by atoms with van der Waals surface area (Å²) in [4.78, 5) is 14.7. The van der Waals surface area contributed by atoms with Crippen molar-refractivity contribution in [2.45, 2.75) is 25.8 Å². The van der Waals surface area contributed by atoms with Gasteiger partial charge in [-0.3, -0.25) is 9.69 Å². The van der Waals surface area contributed by atoms with Gasteiger partial charge in [-0.2, -0.15) is 0 Å². The minimum absolute atomic E-state index is 0.0523. The van der Waals surface area contributed by atoms with Crippen molar-refractivity contribution in [1.29, 1.82) is 0 Å². The molecular weight excluding hydrogens is 383 g/mol. The summed E-state index contributed by atoms with van der Waals surface area (Å²) in [7, 11) is 1.50. The van der Waals surface area contributed by atoms with E-state index in [2.05, 4.69) is 39.7 Å². The van der Waals surface area contributed by atoms with Crippen LogP contribution < -0.4 is 10.1 Å². The number of aromatic hydroxyl groups is 1. The molecule has 1 amide bonds. The first-order chi connectivity index (χ1) is 10.1. The largest absolute Gasteiger partial charge is 0.507 e. The van der Waals surface area contributed by atoms with Crippen molar-refractivity contribution in [2.24, 2.45) is 0 Å². The van der Waals surface area contributed by atoms with Crippen molar-refractivity contribution in [3.05, 3.63) is 21.3 Å². The second-order valence-corrected chi connectivity index (χ2v) is 6.27. The molecule has 1 fully saturated rings. The van der Waals surface area contributed by atoms with Gasteiger partial charge in [0.2, 0.25) is 0 Å². The standard InChI is InChI=1S/C15H21IN2O3/c1-3-18-8-4-5-10(18)9-17-15(20)13-12(19)7-6-11(16)14(13)21-2/h6-7,10,19H,3-5,8-9H2,1-2H3,(H,17,20). The molecule has 2 N–H and O–H groups in total. The van der Waals surface area contributed by atoms with Crippen LogP contribution in [0, 0.1) is 3.57 Å². The van der Waals surface area contributed by atoms with Crippen LogP contribution in [0.3, 0.4) is 0 Å². The highest BCUT2D eigenvalue weighted by Crippen LogP contribution is 2.32. The molecule has 0 saturated carbocycles. The number of nitrogens with one attached hydrogen (secondary N) is 1. The number of amides is 1.